The Balaban J connectivity index is 1.91. The second-order valence-corrected chi connectivity index (χ2v) is 5.99. The molecule has 2 aromatic rings. The first-order valence-electron chi connectivity index (χ1n) is 6.23. The lowest BCUT2D eigenvalue weighted by Gasteiger charge is -2.11. The third-order valence-corrected chi connectivity index (χ3v) is 3.83. The Morgan fingerprint density at radius 2 is 1.95 bits per heavy atom. The molecule has 1 aliphatic carbocycles. The number of nitrogens with zero attached hydrogens (tertiary/aromatic N) is 2. The van der Waals surface area contributed by atoms with Crippen LogP contribution in [0.15, 0.2) is 28.7 Å². The number of anilines is 3. The fraction of sp³-hybridized carbons (Fsp3) is 0.231. The number of rotatable bonds is 4. The van der Waals surface area contributed by atoms with Crippen molar-refractivity contribution >= 4 is 44.9 Å². The van der Waals surface area contributed by atoms with Gasteiger partial charge in [-0.2, -0.15) is 0 Å². The summed E-state index contributed by atoms with van der Waals surface area (Å²) in [7, 11) is 0. The smallest absolute Gasteiger partial charge is 0.145 e. The lowest BCUT2D eigenvalue weighted by molar-refractivity contribution is 0.929. The van der Waals surface area contributed by atoms with Crippen molar-refractivity contribution in [2.75, 3.05) is 10.7 Å². The second-order valence-electron chi connectivity index (χ2n) is 4.66. The summed E-state index contributed by atoms with van der Waals surface area (Å²) in [6.45, 7) is 0. The number of hydrogen-bond acceptors (Lipinski definition) is 5. The molecule has 3 rings (SSSR count). The average molecular weight is 355 g/mol. The van der Waals surface area contributed by atoms with Gasteiger partial charge >= 0.3 is 0 Å². The number of nitrogens with one attached hydrogen (secondary N) is 2. The molecule has 1 aliphatic rings. The van der Waals surface area contributed by atoms with Crippen molar-refractivity contribution in [1.82, 2.24) is 9.97 Å². The van der Waals surface area contributed by atoms with Crippen molar-refractivity contribution in [3.63, 3.8) is 0 Å². The van der Waals surface area contributed by atoms with Crippen molar-refractivity contribution in [1.29, 1.82) is 0 Å². The topological polar surface area (TPSA) is 75.9 Å². The molecule has 0 saturated heterocycles. The van der Waals surface area contributed by atoms with Crippen LogP contribution in [0.4, 0.5) is 17.3 Å². The van der Waals surface area contributed by atoms with Crippen LogP contribution in [0.25, 0.3) is 0 Å². The van der Waals surface area contributed by atoms with Crippen molar-refractivity contribution in [3.05, 3.63) is 39.6 Å². The summed E-state index contributed by atoms with van der Waals surface area (Å²) >= 11 is 9.57. The summed E-state index contributed by atoms with van der Waals surface area (Å²) in [4.78, 5) is 8.88. The van der Waals surface area contributed by atoms with Crippen molar-refractivity contribution in [3.8, 4) is 0 Å². The van der Waals surface area contributed by atoms with Crippen molar-refractivity contribution in [2.45, 2.75) is 18.8 Å². The lowest BCUT2D eigenvalue weighted by atomic mass is 10.3. The Morgan fingerprint density at radius 3 is 2.60 bits per heavy atom. The van der Waals surface area contributed by atoms with Gasteiger partial charge in [-0.05, 0) is 31.0 Å². The molecule has 104 valence electrons. The van der Waals surface area contributed by atoms with Gasteiger partial charge in [-0.15, -0.1) is 0 Å². The number of nitrogen functional groups attached to an aromatic ring is 1. The van der Waals surface area contributed by atoms with E-state index in [1.807, 2.05) is 18.2 Å². The van der Waals surface area contributed by atoms with Crippen LogP contribution >= 0.6 is 27.5 Å². The molecule has 0 atom stereocenters. The number of hydrazine groups is 1. The quantitative estimate of drug-likeness (QED) is 0.575. The van der Waals surface area contributed by atoms with E-state index in [9.17, 15) is 0 Å². The summed E-state index contributed by atoms with van der Waals surface area (Å²) in [5.74, 6) is 7.99. The molecule has 1 aromatic carbocycles. The molecule has 0 radical (unpaired) electrons. The Hall–Kier alpha value is -1.37. The first-order chi connectivity index (χ1) is 9.65. The zero-order valence-electron chi connectivity index (χ0n) is 10.5. The van der Waals surface area contributed by atoms with Crippen LogP contribution in [0.1, 0.15) is 24.6 Å². The van der Waals surface area contributed by atoms with Gasteiger partial charge in [0.15, 0.2) is 0 Å². The van der Waals surface area contributed by atoms with Gasteiger partial charge in [-0.25, -0.2) is 15.8 Å². The minimum Gasteiger partial charge on any atom is -0.339 e. The van der Waals surface area contributed by atoms with E-state index in [4.69, 9.17) is 17.4 Å². The van der Waals surface area contributed by atoms with Crippen LogP contribution in [-0.4, -0.2) is 9.97 Å². The molecular weight excluding hydrogens is 342 g/mol. The van der Waals surface area contributed by atoms with Crippen molar-refractivity contribution < 1.29 is 0 Å². The highest BCUT2D eigenvalue weighted by atomic mass is 79.9. The van der Waals surface area contributed by atoms with E-state index < -0.39 is 0 Å². The minimum absolute atomic E-state index is 0.448. The largest absolute Gasteiger partial charge is 0.339 e. The molecule has 0 amide bonds. The predicted molar refractivity (Wildman–Crippen MR) is 84.3 cm³/mol. The van der Waals surface area contributed by atoms with Gasteiger partial charge in [0.25, 0.3) is 0 Å². The maximum absolute atomic E-state index is 6.19. The number of benzene rings is 1. The SMILES string of the molecule is NNc1cc(Nc2ccc(Br)cc2Cl)nc(C2CC2)n1. The highest BCUT2D eigenvalue weighted by molar-refractivity contribution is 9.10. The zero-order valence-corrected chi connectivity index (χ0v) is 12.9. The Labute approximate surface area is 130 Å². The Kier molecular flexibility index (Phi) is 3.78. The molecule has 5 nitrogen and oxygen atoms in total. The van der Waals surface area contributed by atoms with E-state index in [2.05, 4.69) is 36.6 Å². The van der Waals surface area contributed by atoms with E-state index in [-0.39, 0.29) is 0 Å². The standard InChI is InChI=1S/C13H13BrClN5/c14-8-3-4-10(9(15)5-8)17-11-6-12(20-16)19-13(18-11)7-1-2-7/h3-7H,1-2,16H2,(H2,17,18,19,20). The maximum atomic E-state index is 6.19. The van der Waals surface area contributed by atoms with Gasteiger partial charge in [-0.3, -0.25) is 0 Å². The van der Waals surface area contributed by atoms with Crippen LogP contribution in [0, 0.1) is 0 Å². The normalized spacial score (nSPS) is 14.2. The maximum Gasteiger partial charge on any atom is 0.145 e. The molecule has 4 N–H and O–H groups in total. The number of nitrogens with two attached hydrogens (primary N) is 1. The van der Waals surface area contributed by atoms with Crippen LogP contribution in [-0.2, 0) is 0 Å². The van der Waals surface area contributed by atoms with Crippen LogP contribution in [0.3, 0.4) is 0 Å². The predicted octanol–water partition coefficient (Wildman–Crippen LogP) is 3.80. The molecule has 1 aromatic heterocycles. The average Bonchev–Trinajstić information content (AvgIpc) is 3.26. The molecule has 1 heterocycles. The van der Waals surface area contributed by atoms with E-state index in [1.165, 1.54) is 0 Å². The van der Waals surface area contributed by atoms with Crippen LogP contribution in [0.5, 0.6) is 0 Å². The van der Waals surface area contributed by atoms with Gasteiger partial charge in [0.2, 0.25) is 0 Å². The fourth-order valence-electron chi connectivity index (χ4n) is 1.86. The monoisotopic (exact) mass is 353 g/mol. The van der Waals surface area contributed by atoms with E-state index in [0.717, 1.165) is 28.8 Å². The van der Waals surface area contributed by atoms with Gasteiger partial charge in [-0.1, -0.05) is 27.5 Å². The summed E-state index contributed by atoms with van der Waals surface area (Å²) < 4.78 is 0.929. The highest BCUT2D eigenvalue weighted by Crippen LogP contribution is 2.39. The summed E-state index contributed by atoms with van der Waals surface area (Å²) in [5.41, 5.74) is 3.36. The first kappa shape index (κ1) is 13.6. The molecule has 1 fully saturated rings. The number of hydrogen-bond donors (Lipinski definition) is 3. The molecule has 7 heteroatoms. The van der Waals surface area contributed by atoms with E-state index in [0.29, 0.717) is 22.6 Å². The fourth-order valence-corrected chi connectivity index (χ4v) is 2.58. The molecule has 0 aliphatic heterocycles. The van der Waals surface area contributed by atoms with Gasteiger partial charge in [0.05, 0.1) is 10.7 Å². The van der Waals surface area contributed by atoms with Gasteiger partial charge in [0.1, 0.15) is 17.5 Å². The zero-order chi connectivity index (χ0) is 14.1. The third-order valence-electron chi connectivity index (χ3n) is 3.03. The summed E-state index contributed by atoms with van der Waals surface area (Å²) in [5, 5.41) is 3.82. The molecule has 0 spiro atoms. The van der Waals surface area contributed by atoms with Gasteiger partial charge in [0, 0.05) is 16.5 Å². The molecule has 0 bridgehead atoms. The molecule has 1 saturated carbocycles. The molecule has 0 unspecified atom stereocenters. The minimum atomic E-state index is 0.448. The molecule has 20 heavy (non-hydrogen) atoms. The summed E-state index contributed by atoms with van der Waals surface area (Å²) in [6, 6.07) is 7.39. The lowest BCUT2D eigenvalue weighted by Crippen LogP contribution is -2.11. The Bertz CT molecular complexity index is 645. The Morgan fingerprint density at radius 1 is 1.20 bits per heavy atom. The highest BCUT2D eigenvalue weighted by Gasteiger charge is 2.27. The second kappa shape index (κ2) is 5.55. The summed E-state index contributed by atoms with van der Waals surface area (Å²) in [6.07, 6.45) is 2.26. The van der Waals surface area contributed by atoms with Gasteiger partial charge < -0.3 is 10.7 Å². The van der Waals surface area contributed by atoms with Crippen LogP contribution in [0.2, 0.25) is 5.02 Å². The van der Waals surface area contributed by atoms with Crippen molar-refractivity contribution in [2.24, 2.45) is 5.84 Å². The first-order valence-corrected chi connectivity index (χ1v) is 7.40. The molecular formula is C13H13BrClN5. The van der Waals surface area contributed by atoms with E-state index >= 15 is 0 Å². The van der Waals surface area contributed by atoms with E-state index in [1.54, 1.807) is 6.07 Å². The third kappa shape index (κ3) is 3.03. The number of aromatic nitrogens is 2. The number of halogens is 2. The van der Waals surface area contributed by atoms with Crippen LogP contribution < -0.4 is 16.6 Å².